The number of rotatable bonds is 4. The molecule has 1 aliphatic rings. The molecule has 0 unspecified atom stereocenters. The summed E-state index contributed by atoms with van der Waals surface area (Å²) >= 11 is 0. The van der Waals surface area contributed by atoms with Crippen molar-refractivity contribution in [3.05, 3.63) is 24.2 Å². The topological polar surface area (TPSA) is 87.1 Å². The molecule has 1 aromatic rings. The zero-order chi connectivity index (χ0) is 12.1. The molecule has 6 heteroatoms. The summed E-state index contributed by atoms with van der Waals surface area (Å²) in [4.78, 5) is 18.6. The predicted molar refractivity (Wildman–Crippen MR) is 63.6 cm³/mol. The minimum absolute atomic E-state index is 0.393. The molecule has 6 nitrogen and oxygen atoms in total. The fraction of sp³-hybridized carbons (Fsp3) is 0.364. The molecule has 0 spiro atoms. The molecule has 1 saturated heterocycles. The highest BCUT2D eigenvalue weighted by molar-refractivity contribution is 5.84. The van der Waals surface area contributed by atoms with Crippen LogP contribution in [0.1, 0.15) is 12.1 Å². The molecule has 17 heavy (non-hydrogen) atoms. The Balaban J connectivity index is 1.95. The summed E-state index contributed by atoms with van der Waals surface area (Å²) in [6.45, 7) is 1.95. The van der Waals surface area contributed by atoms with Crippen LogP contribution in [0, 0.1) is 0 Å². The van der Waals surface area contributed by atoms with Crippen LogP contribution in [-0.4, -0.2) is 40.2 Å². The Labute approximate surface area is 98.8 Å². The van der Waals surface area contributed by atoms with Crippen LogP contribution in [0.2, 0.25) is 0 Å². The van der Waals surface area contributed by atoms with Crippen molar-refractivity contribution in [1.29, 1.82) is 0 Å². The number of carbonyl (C=O) groups is 1. The first kappa shape index (κ1) is 11.5. The average Bonchev–Trinajstić information content (AvgIpc) is 2.81. The van der Waals surface area contributed by atoms with E-state index in [0.29, 0.717) is 17.6 Å². The molecule has 0 aliphatic carbocycles. The van der Waals surface area contributed by atoms with E-state index in [0.717, 1.165) is 25.6 Å². The second-order valence-corrected chi connectivity index (χ2v) is 3.83. The van der Waals surface area contributed by atoms with Crippen molar-refractivity contribution in [3.8, 4) is 0 Å². The normalized spacial score (nSPS) is 19.6. The van der Waals surface area contributed by atoms with Gasteiger partial charge in [0.1, 0.15) is 5.82 Å². The molecule has 0 amide bonds. The number of nitrogens with zero attached hydrogens (tertiary/aromatic N) is 2. The Hall–Kier alpha value is -1.95. The van der Waals surface area contributed by atoms with Gasteiger partial charge in [0.25, 0.3) is 0 Å². The standard InChI is InChI=1S/C11H14N4O2/c16-11(17)2-1-8-6-14-10(7-13-8)15-9-3-4-12-5-9/h1-2,6-7,9,12H,3-5H2,(H,14,15)(H,16,17)/t9-/m1/s1. The highest BCUT2D eigenvalue weighted by Gasteiger charge is 2.13. The lowest BCUT2D eigenvalue weighted by atomic mass is 10.2. The third-order valence-electron chi connectivity index (χ3n) is 2.48. The molecular formula is C11H14N4O2. The summed E-state index contributed by atoms with van der Waals surface area (Å²) in [6, 6.07) is 0.393. The van der Waals surface area contributed by atoms with E-state index in [2.05, 4.69) is 20.6 Å². The molecule has 1 fully saturated rings. The third kappa shape index (κ3) is 3.53. The van der Waals surface area contributed by atoms with Crippen molar-refractivity contribution >= 4 is 17.9 Å². The van der Waals surface area contributed by atoms with Crippen molar-refractivity contribution in [2.45, 2.75) is 12.5 Å². The van der Waals surface area contributed by atoms with Gasteiger partial charge in [-0.1, -0.05) is 0 Å². The molecule has 2 heterocycles. The summed E-state index contributed by atoms with van der Waals surface area (Å²) in [5.41, 5.74) is 0.530. The van der Waals surface area contributed by atoms with Gasteiger partial charge in [-0.25, -0.2) is 9.78 Å². The Morgan fingerprint density at radius 1 is 1.53 bits per heavy atom. The lowest BCUT2D eigenvalue weighted by molar-refractivity contribution is -0.131. The van der Waals surface area contributed by atoms with Crippen LogP contribution in [0.4, 0.5) is 5.82 Å². The predicted octanol–water partition coefficient (Wildman–Crippen LogP) is 0.348. The smallest absolute Gasteiger partial charge is 0.328 e. The first-order valence-electron chi connectivity index (χ1n) is 5.44. The highest BCUT2D eigenvalue weighted by atomic mass is 16.4. The zero-order valence-corrected chi connectivity index (χ0v) is 9.26. The van der Waals surface area contributed by atoms with E-state index in [1.54, 1.807) is 12.4 Å². The zero-order valence-electron chi connectivity index (χ0n) is 9.26. The lowest BCUT2D eigenvalue weighted by Gasteiger charge is -2.10. The van der Waals surface area contributed by atoms with E-state index < -0.39 is 5.97 Å². The molecule has 2 rings (SSSR count). The van der Waals surface area contributed by atoms with Crippen molar-refractivity contribution in [3.63, 3.8) is 0 Å². The van der Waals surface area contributed by atoms with Crippen LogP contribution in [0.15, 0.2) is 18.5 Å². The molecule has 0 radical (unpaired) electrons. The number of carboxylic acid groups (broad SMARTS) is 1. The molecule has 3 N–H and O–H groups in total. The lowest BCUT2D eigenvalue weighted by Crippen LogP contribution is -2.22. The molecule has 1 atom stereocenters. The fourth-order valence-corrected chi connectivity index (χ4v) is 1.64. The van der Waals surface area contributed by atoms with Crippen molar-refractivity contribution in [2.75, 3.05) is 18.4 Å². The van der Waals surface area contributed by atoms with Gasteiger partial charge in [-0.3, -0.25) is 4.98 Å². The minimum Gasteiger partial charge on any atom is -0.478 e. The van der Waals surface area contributed by atoms with Crippen molar-refractivity contribution < 1.29 is 9.90 Å². The van der Waals surface area contributed by atoms with Gasteiger partial charge in [0.2, 0.25) is 0 Å². The van der Waals surface area contributed by atoms with Crippen LogP contribution in [0.3, 0.4) is 0 Å². The Bertz CT molecular complexity index is 410. The molecule has 1 aromatic heterocycles. The largest absolute Gasteiger partial charge is 0.478 e. The van der Waals surface area contributed by atoms with Gasteiger partial charge in [-0.15, -0.1) is 0 Å². The number of aliphatic carboxylic acids is 1. The Kier molecular flexibility index (Phi) is 3.66. The first-order valence-corrected chi connectivity index (χ1v) is 5.44. The number of carboxylic acids is 1. The molecule has 0 bridgehead atoms. The highest BCUT2D eigenvalue weighted by Crippen LogP contribution is 2.08. The van der Waals surface area contributed by atoms with Gasteiger partial charge < -0.3 is 15.7 Å². The number of hydrogen-bond acceptors (Lipinski definition) is 5. The summed E-state index contributed by atoms with van der Waals surface area (Å²) in [7, 11) is 0. The summed E-state index contributed by atoms with van der Waals surface area (Å²) in [6.07, 6.45) is 6.68. The maximum atomic E-state index is 10.3. The van der Waals surface area contributed by atoms with Gasteiger partial charge >= 0.3 is 5.97 Å². The second-order valence-electron chi connectivity index (χ2n) is 3.83. The monoisotopic (exact) mass is 234 g/mol. The average molecular weight is 234 g/mol. The molecule has 0 saturated carbocycles. The van der Waals surface area contributed by atoms with Crippen LogP contribution in [0.5, 0.6) is 0 Å². The summed E-state index contributed by atoms with van der Waals surface area (Å²) in [5, 5.41) is 15.0. The number of aromatic nitrogens is 2. The van der Waals surface area contributed by atoms with E-state index >= 15 is 0 Å². The summed E-state index contributed by atoms with van der Waals surface area (Å²) in [5.74, 6) is -0.280. The quantitative estimate of drug-likeness (QED) is 0.651. The van der Waals surface area contributed by atoms with Gasteiger partial charge in [0.05, 0.1) is 18.1 Å². The number of anilines is 1. The third-order valence-corrected chi connectivity index (χ3v) is 2.48. The van der Waals surface area contributed by atoms with Gasteiger partial charge in [0, 0.05) is 18.7 Å². The SMILES string of the molecule is O=C(O)C=Cc1cnc(N[C@@H]2CCNC2)cn1. The minimum atomic E-state index is -0.994. The summed E-state index contributed by atoms with van der Waals surface area (Å²) < 4.78 is 0. The van der Waals surface area contributed by atoms with Gasteiger partial charge in [0.15, 0.2) is 0 Å². The molecule has 90 valence electrons. The van der Waals surface area contributed by atoms with Crippen molar-refractivity contribution in [1.82, 2.24) is 15.3 Å². The van der Waals surface area contributed by atoms with Gasteiger partial charge in [-0.2, -0.15) is 0 Å². The van der Waals surface area contributed by atoms with E-state index in [4.69, 9.17) is 5.11 Å². The maximum absolute atomic E-state index is 10.3. The first-order chi connectivity index (χ1) is 8.24. The van der Waals surface area contributed by atoms with Crippen LogP contribution < -0.4 is 10.6 Å². The van der Waals surface area contributed by atoms with Gasteiger partial charge in [-0.05, 0) is 19.0 Å². The molecular weight excluding hydrogens is 220 g/mol. The maximum Gasteiger partial charge on any atom is 0.328 e. The Morgan fingerprint density at radius 3 is 3.00 bits per heavy atom. The Morgan fingerprint density at radius 2 is 2.41 bits per heavy atom. The fourth-order valence-electron chi connectivity index (χ4n) is 1.64. The number of hydrogen-bond donors (Lipinski definition) is 3. The van der Waals surface area contributed by atoms with E-state index in [1.165, 1.54) is 6.08 Å². The van der Waals surface area contributed by atoms with E-state index in [-0.39, 0.29) is 0 Å². The van der Waals surface area contributed by atoms with Crippen LogP contribution in [0.25, 0.3) is 6.08 Å². The van der Waals surface area contributed by atoms with Crippen LogP contribution in [-0.2, 0) is 4.79 Å². The molecule has 0 aromatic carbocycles. The van der Waals surface area contributed by atoms with E-state index in [1.807, 2.05) is 0 Å². The van der Waals surface area contributed by atoms with E-state index in [9.17, 15) is 4.79 Å². The van der Waals surface area contributed by atoms with Crippen LogP contribution >= 0.6 is 0 Å². The second kappa shape index (κ2) is 5.40. The van der Waals surface area contributed by atoms with Crippen molar-refractivity contribution in [2.24, 2.45) is 0 Å². The number of nitrogens with one attached hydrogen (secondary N) is 2. The molecule has 1 aliphatic heterocycles.